The van der Waals surface area contributed by atoms with Crippen LogP contribution in [0.25, 0.3) is 0 Å². The van der Waals surface area contributed by atoms with Gasteiger partial charge in [0, 0.05) is 13.2 Å². The molecule has 0 fully saturated rings. The van der Waals surface area contributed by atoms with Crippen LogP contribution >= 0.6 is 0 Å². The molecule has 0 aromatic rings. The van der Waals surface area contributed by atoms with Gasteiger partial charge in [0.1, 0.15) is 0 Å². The molecule has 0 atom stereocenters. The van der Waals surface area contributed by atoms with E-state index in [2.05, 4.69) is 13.3 Å². The zero-order valence-electron chi connectivity index (χ0n) is 10.8. The third-order valence-corrected chi connectivity index (χ3v) is 2.68. The summed E-state index contributed by atoms with van der Waals surface area (Å²) in [6.07, 6.45) is 14.5. The van der Waals surface area contributed by atoms with Crippen LogP contribution in [0, 0.1) is 6.42 Å². The first-order valence-corrected chi connectivity index (χ1v) is 6.77. The first kappa shape index (κ1) is 15.0. The van der Waals surface area contributed by atoms with Gasteiger partial charge >= 0.3 is 0 Å². The van der Waals surface area contributed by atoms with E-state index < -0.39 is 0 Å². The average molecular weight is 213 g/mol. The summed E-state index contributed by atoms with van der Waals surface area (Å²) in [5.74, 6) is 0. The summed E-state index contributed by atoms with van der Waals surface area (Å²) in [4.78, 5) is 0. The molecular formula is C14H29O. The lowest BCUT2D eigenvalue weighted by Crippen LogP contribution is -1.95. The Morgan fingerprint density at radius 3 is 1.87 bits per heavy atom. The van der Waals surface area contributed by atoms with Gasteiger partial charge in [0.05, 0.1) is 0 Å². The molecule has 0 spiro atoms. The van der Waals surface area contributed by atoms with Crippen molar-refractivity contribution in [2.75, 3.05) is 13.2 Å². The van der Waals surface area contributed by atoms with E-state index >= 15 is 0 Å². The summed E-state index contributed by atoms with van der Waals surface area (Å²) in [6, 6.07) is 0. The van der Waals surface area contributed by atoms with Gasteiger partial charge in [-0.2, -0.15) is 0 Å². The number of hydrogen-bond acceptors (Lipinski definition) is 1. The van der Waals surface area contributed by atoms with Crippen molar-refractivity contribution >= 4 is 0 Å². The molecule has 0 aromatic carbocycles. The molecule has 15 heavy (non-hydrogen) atoms. The molecule has 0 aromatic heterocycles. The highest BCUT2D eigenvalue weighted by Crippen LogP contribution is 2.09. The largest absolute Gasteiger partial charge is 0.381 e. The van der Waals surface area contributed by atoms with Gasteiger partial charge in [-0.3, -0.25) is 0 Å². The monoisotopic (exact) mass is 213 g/mol. The second-order valence-corrected chi connectivity index (χ2v) is 4.31. The van der Waals surface area contributed by atoms with Crippen molar-refractivity contribution < 1.29 is 4.74 Å². The van der Waals surface area contributed by atoms with Crippen molar-refractivity contribution in [3.05, 3.63) is 6.42 Å². The average Bonchev–Trinajstić information content (AvgIpc) is 2.26. The quantitative estimate of drug-likeness (QED) is 0.425. The van der Waals surface area contributed by atoms with Crippen molar-refractivity contribution in [1.29, 1.82) is 0 Å². The first-order chi connectivity index (χ1) is 7.41. The molecule has 0 amide bonds. The van der Waals surface area contributed by atoms with Gasteiger partial charge in [0.15, 0.2) is 0 Å². The molecule has 1 radical (unpaired) electrons. The van der Waals surface area contributed by atoms with Crippen molar-refractivity contribution in [2.24, 2.45) is 0 Å². The molecule has 0 heterocycles. The molecule has 0 bridgehead atoms. The summed E-state index contributed by atoms with van der Waals surface area (Å²) in [5.41, 5.74) is 0. The van der Waals surface area contributed by atoms with Gasteiger partial charge in [-0.25, -0.2) is 0 Å². The Hall–Kier alpha value is -0.0400. The maximum Gasteiger partial charge on any atom is 0.0495 e. The Morgan fingerprint density at radius 2 is 1.33 bits per heavy atom. The molecule has 0 aliphatic carbocycles. The normalized spacial score (nSPS) is 10.8. The highest BCUT2D eigenvalue weighted by molar-refractivity contribution is 4.51. The van der Waals surface area contributed by atoms with Crippen molar-refractivity contribution in [1.82, 2.24) is 0 Å². The number of hydrogen-bond donors (Lipinski definition) is 0. The molecule has 0 aliphatic heterocycles. The Kier molecular flexibility index (Phi) is 13.9. The SMILES string of the molecule is C[CH]COCCCCCCCCCCC. The maximum absolute atomic E-state index is 5.39. The van der Waals surface area contributed by atoms with Gasteiger partial charge in [-0.1, -0.05) is 65.2 Å². The van der Waals surface area contributed by atoms with Gasteiger partial charge in [-0.15, -0.1) is 0 Å². The fraction of sp³-hybridized carbons (Fsp3) is 0.929. The van der Waals surface area contributed by atoms with Gasteiger partial charge in [0.2, 0.25) is 0 Å². The third kappa shape index (κ3) is 14.0. The summed E-state index contributed by atoms with van der Waals surface area (Å²) < 4.78 is 5.39. The van der Waals surface area contributed by atoms with Gasteiger partial charge in [-0.05, 0) is 12.8 Å². The van der Waals surface area contributed by atoms with Gasteiger partial charge in [0.25, 0.3) is 0 Å². The number of ether oxygens (including phenoxy) is 1. The molecule has 0 aliphatic rings. The molecule has 0 saturated carbocycles. The molecule has 0 saturated heterocycles. The standard InChI is InChI=1S/C14H29O/c1-3-5-6-7-8-9-10-11-12-14-15-13-4-2/h4H,3,5-14H2,1-2H3. The van der Waals surface area contributed by atoms with E-state index in [1.807, 2.05) is 6.92 Å². The Bertz CT molecular complexity index is 89.5. The lowest BCUT2D eigenvalue weighted by atomic mass is 10.1. The van der Waals surface area contributed by atoms with E-state index in [0.717, 1.165) is 13.2 Å². The molecule has 0 unspecified atom stereocenters. The minimum atomic E-state index is 0.816. The van der Waals surface area contributed by atoms with E-state index in [9.17, 15) is 0 Å². The van der Waals surface area contributed by atoms with Crippen LogP contribution in [0.5, 0.6) is 0 Å². The first-order valence-electron chi connectivity index (χ1n) is 6.77. The smallest absolute Gasteiger partial charge is 0.0495 e. The number of rotatable bonds is 12. The third-order valence-electron chi connectivity index (χ3n) is 2.68. The fourth-order valence-corrected chi connectivity index (χ4v) is 1.72. The highest BCUT2D eigenvalue weighted by atomic mass is 16.5. The number of unbranched alkanes of at least 4 members (excludes halogenated alkanes) is 8. The molecule has 0 N–H and O–H groups in total. The van der Waals surface area contributed by atoms with Crippen LogP contribution in [0.1, 0.15) is 71.6 Å². The van der Waals surface area contributed by atoms with Crippen LogP contribution in [0.3, 0.4) is 0 Å². The highest BCUT2D eigenvalue weighted by Gasteiger charge is 1.92. The molecule has 1 heteroatoms. The summed E-state index contributed by atoms with van der Waals surface area (Å²) in [5, 5.41) is 0. The zero-order valence-corrected chi connectivity index (χ0v) is 10.8. The van der Waals surface area contributed by atoms with Crippen LogP contribution in [-0.2, 0) is 4.74 Å². The van der Waals surface area contributed by atoms with Gasteiger partial charge < -0.3 is 4.74 Å². The van der Waals surface area contributed by atoms with Crippen LogP contribution in [-0.4, -0.2) is 13.2 Å². The Balaban J connectivity index is 2.81. The van der Waals surface area contributed by atoms with Crippen LogP contribution < -0.4 is 0 Å². The van der Waals surface area contributed by atoms with E-state index in [-0.39, 0.29) is 0 Å². The van der Waals surface area contributed by atoms with Crippen LogP contribution in [0.4, 0.5) is 0 Å². The lowest BCUT2D eigenvalue weighted by molar-refractivity contribution is 0.149. The van der Waals surface area contributed by atoms with E-state index in [1.165, 1.54) is 57.8 Å². The molecular weight excluding hydrogens is 184 g/mol. The minimum Gasteiger partial charge on any atom is -0.381 e. The molecule has 0 rings (SSSR count). The predicted molar refractivity (Wildman–Crippen MR) is 68.0 cm³/mol. The zero-order chi connectivity index (χ0) is 11.2. The van der Waals surface area contributed by atoms with E-state index in [0.29, 0.717) is 0 Å². The molecule has 1 nitrogen and oxygen atoms in total. The summed E-state index contributed by atoms with van der Waals surface area (Å²) in [6.45, 7) is 6.07. The minimum absolute atomic E-state index is 0.816. The second kappa shape index (κ2) is 14.0. The fourth-order valence-electron chi connectivity index (χ4n) is 1.72. The van der Waals surface area contributed by atoms with Crippen molar-refractivity contribution in [3.8, 4) is 0 Å². The van der Waals surface area contributed by atoms with Crippen molar-refractivity contribution in [3.63, 3.8) is 0 Å². The van der Waals surface area contributed by atoms with Crippen LogP contribution in [0.15, 0.2) is 0 Å². The summed E-state index contributed by atoms with van der Waals surface area (Å²) in [7, 11) is 0. The van der Waals surface area contributed by atoms with Crippen molar-refractivity contribution in [2.45, 2.75) is 71.6 Å². The topological polar surface area (TPSA) is 9.23 Å². The molecule has 91 valence electrons. The predicted octanol–water partition coefficient (Wildman–Crippen LogP) is 4.76. The van der Waals surface area contributed by atoms with Crippen LogP contribution in [0.2, 0.25) is 0 Å². The Morgan fingerprint density at radius 1 is 0.800 bits per heavy atom. The van der Waals surface area contributed by atoms with E-state index in [4.69, 9.17) is 4.74 Å². The lowest BCUT2D eigenvalue weighted by Gasteiger charge is -2.02. The summed E-state index contributed by atoms with van der Waals surface area (Å²) >= 11 is 0. The Labute approximate surface area is 96.6 Å². The van der Waals surface area contributed by atoms with E-state index in [1.54, 1.807) is 0 Å². The maximum atomic E-state index is 5.39. The second-order valence-electron chi connectivity index (χ2n) is 4.31.